The Morgan fingerprint density at radius 1 is 1.25 bits per heavy atom. The molecule has 0 fully saturated rings. The third-order valence-electron chi connectivity index (χ3n) is 2.67. The highest BCUT2D eigenvalue weighted by molar-refractivity contribution is 9.12. The molecule has 0 N–H and O–H groups in total. The Morgan fingerprint density at radius 3 is 2.60 bits per heavy atom. The number of rotatable bonds is 5. The van der Waals surface area contributed by atoms with E-state index in [0.717, 1.165) is 0 Å². The molecule has 0 radical (unpaired) electrons. The number of nitro benzene ring substituents is 1. The van der Waals surface area contributed by atoms with Gasteiger partial charge in [0.15, 0.2) is 5.76 Å². The molecule has 2 unspecified atom stereocenters. The van der Waals surface area contributed by atoms with E-state index in [2.05, 4.69) is 31.9 Å². The van der Waals surface area contributed by atoms with Crippen molar-refractivity contribution >= 4 is 43.3 Å². The van der Waals surface area contributed by atoms with Crippen molar-refractivity contribution < 1.29 is 14.1 Å². The van der Waals surface area contributed by atoms with E-state index in [1.807, 2.05) is 0 Å². The second-order valence-electron chi connectivity index (χ2n) is 4.00. The summed E-state index contributed by atoms with van der Waals surface area (Å²) in [5.41, 5.74) is 0.623. The standard InChI is InChI=1S/C13H9Br2NO4/c14-11(8-3-1-4-9(7-8)16(18)19)12(15)13(17)10-5-2-6-20-10/h1-7,11-12H. The molecule has 2 aromatic rings. The lowest BCUT2D eigenvalue weighted by atomic mass is 10.1. The summed E-state index contributed by atoms with van der Waals surface area (Å²) in [6.45, 7) is 0. The molecule has 1 aromatic carbocycles. The zero-order chi connectivity index (χ0) is 14.7. The topological polar surface area (TPSA) is 73.3 Å². The van der Waals surface area contributed by atoms with Crippen molar-refractivity contribution in [1.82, 2.24) is 0 Å². The number of Topliss-reactive ketones (excluding diaryl/α,β-unsaturated/α-hetero) is 1. The van der Waals surface area contributed by atoms with Gasteiger partial charge in [-0.25, -0.2) is 0 Å². The summed E-state index contributed by atoms with van der Waals surface area (Å²) in [5, 5.41) is 10.8. The largest absolute Gasteiger partial charge is 0.461 e. The van der Waals surface area contributed by atoms with Crippen LogP contribution in [0, 0.1) is 10.1 Å². The number of furan rings is 1. The SMILES string of the molecule is O=C(c1ccco1)C(Br)C(Br)c1cccc([N+](=O)[O-])c1. The molecule has 0 spiro atoms. The smallest absolute Gasteiger partial charge is 0.269 e. The Hall–Kier alpha value is -1.47. The molecule has 2 atom stereocenters. The maximum absolute atomic E-state index is 12.1. The van der Waals surface area contributed by atoms with Gasteiger partial charge < -0.3 is 4.42 Å². The summed E-state index contributed by atoms with van der Waals surface area (Å²) in [7, 11) is 0. The van der Waals surface area contributed by atoms with Crippen LogP contribution in [0.5, 0.6) is 0 Å². The van der Waals surface area contributed by atoms with E-state index in [0.29, 0.717) is 5.56 Å². The van der Waals surface area contributed by atoms with Crippen LogP contribution in [-0.4, -0.2) is 15.5 Å². The fourth-order valence-electron chi connectivity index (χ4n) is 1.67. The van der Waals surface area contributed by atoms with Crippen LogP contribution in [0.15, 0.2) is 47.1 Å². The summed E-state index contributed by atoms with van der Waals surface area (Å²) in [6.07, 6.45) is 1.42. The molecule has 0 aliphatic rings. The molecule has 7 heteroatoms. The monoisotopic (exact) mass is 401 g/mol. The third kappa shape index (κ3) is 3.16. The van der Waals surface area contributed by atoms with Gasteiger partial charge in [-0.3, -0.25) is 14.9 Å². The molecular formula is C13H9Br2NO4. The van der Waals surface area contributed by atoms with E-state index in [1.54, 1.807) is 24.3 Å². The van der Waals surface area contributed by atoms with Gasteiger partial charge in [-0.1, -0.05) is 44.0 Å². The molecule has 2 rings (SSSR count). The lowest BCUT2D eigenvalue weighted by Gasteiger charge is -2.14. The van der Waals surface area contributed by atoms with Crippen LogP contribution >= 0.6 is 31.9 Å². The highest BCUT2D eigenvalue weighted by Gasteiger charge is 2.28. The van der Waals surface area contributed by atoms with E-state index < -0.39 is 14.6 Å². The van der Waals surface area contributed by atoms with Crippen LogP contribution in [0.25, 0.3) is 0 Å². The minimum Gasteiger partial charge on any atom is -0.461 e. The number of nitrogens with zero attached hydrogens (tertiary/aromatic N) is 1. The highest BCUT2D eigenvalue weighted by Crippen LogP contribution is 2.34. The average Bonchev–Trinajstić information content (AvgIpc) is 2.99. The van der Waals surface area contributed by atoms with Gasteiger partial charge in [0.2, 0.25) is 5.78 Å². The molecule has 0 saturated carbocycles. The quantitative estimate of drug-likeness (QED) is 0.324. The molecule has 0 amide bonds. The van der Waals surface area contributed by atoms with Crippen molar-refractivity contribution in [3.8, 4) is 0 Å². The number of carbonyl (C=O) groups is 1. The van der Waals surface area contributed by atoms with Gasteiger partial charge in [-0.05, 0) is 17.7 Å². The summed E-state index contributed by atoms with van der Waals surface area (Å²) < 4.78 is 5.06. The van der Waals surface area contributed by atoms with Crippen molar-refractivity contribution in [3.05, 3.63) is 64.1 Å². The summed E-state index contributed by atoms with van der Waals surface area (Å²) in [6, 6.07) is 9.34. The lowest BCUT2D eigenvalue weighted by Crippen LogP contribution is -2.18. The lowest BCUT2D eigenvalue weighted by molar-refractivity contribution is -0.384. The predicted octanol–water partition coefficient (Wildman–Crippen LogP) is 4.27. The summed E-state index contributed by atoms with van der Waals surface area (Å²) in [5.74, 6) is 0.00476. The van der Waals surface area contributed by atoms with E-state index in [1.165, 1.54) is 18.4 Å². The molecular weight excluding hydrogens is 394 g/mol. The number of ketones is 1. The van der Waals surface area contributed by atoms with Crippen molar-refractivity contribution in [2.24, 2.45) is 0 Å². The number of non-ortho nitro benzene ring substituents is 1. The van der Waals surface area contributed by atoms with Crippen LogP contribution in [0.4, 0.5) is 5.69 Å². The van der Waals surface area contributed by atoms with Crippen LogP contribution in [-0.2, 0) is 0 Å². The van der Waals surface area contributed by atoms with Crippen molar-refractivity contribution in [2.75, 3.05) is 0 Å². The molecule has 104 valence electrons. The van der Waals surface area contributed by atoms with Gasteiger partial charge in [0.25, 0.3) is 5.69 Å². The maximum Gasteiger partial charge on any atom is 0.269 e. The van der Waals surface area contributed by atoms with Gasteiger partial charge in [0.1, 0.15) is 0 Å². The van der Waals surface area contributed by atoms with E-state index in [9.17, 15) is 14.9 Å². The number of alkyl halides is 2. The fraction of sp³-hybridized carbons (Fsp3) is 0.154. The zero-order valence-electron chi connectivity index (χ0n) is 10.0. The van der Waals surface area contributed by atoms with E-state index in [-0.39, 0.29) is 17.2 Å². The average molecular weight is 403 g/mol. The fourth-order valence-corrected chi connectivity index (χ4v) is 2.72. The Bertz CT molecular complexity index is 627. The molecule has 5 nitrogen and oxygen atoms in total. The van der Waals surface area contributed by atoms with Crippen molar-refractivity contribution in [2.45, 2.75) is 9.65 Å². The Labute approximate surface area is 131 Å². The number of benzene rings is 1. The van der Waals surface area contributed by atoms with Gasteiger partial charge in [0.05, 0.1) is 20.8 Å². The third-order valence-corrected chi connectivity index (χ3v) is 5.38. The Morgan fingerprint density at radius 2 is 2.00 bits per heavy atom. The summed E-state index contributed by atoms with van der Waals surface area (Å²) in [4.78, 5) is 21.4. The van der Waals surface area contributed by atoms with E-state index in [4.69, 9.17) is 4.42 Å². The first-order chi connectivity index (χ1) is 9.50. The molecule has 20 heavy (non-hydrogen) atoms. The van der Waals surface area contributed by atoms with E-state index >= 15 is 0 Å². The van der Waals surface area contributed by atoms with Gasteiger partial charge in [-0.2, -0.15) is 0 Å². The van der Waals surface area contributed by atoms with Crippen LogP contribution in [0.2, 0.25) is 0 Å². The predicted molar refractivity (Wildman–Crippen MR) is 80.5 cm³/mol. The Balaban J connectivity index is 2.22. The number of hydrogen-bond acceptors (Lipinski definition) is 4. The maximum atomic E-state index is 12.1. The minimum absolute atomic E-state index is 0.0166. The molecule has 0 aliphatic heterocycles. The molecule has 1 aromatic heterocycles. The molecule has 0 bridgehead atoms. The number of halogens is 2. The normalized spacial score (nSPS) is 13.7. The van der Waals surface area contributed by atoms with Crippen LogP contribution in [0.3, 0.4) is 0 Å². The first-order valence-corrected chi connectivity index (χ1v) is 7.44. The van der Waals surface area contributed by atoms with Gasteiger partial charge in [-0.15, -0.1) is 0 Å². The number of nitro groups is 1. The Kier molecular flexibility index (Phi) is 4.72. The first-order valence-electron chi connectivity index (χ1n) is 5.61. The van der Waals surface area contributed by atoms with Gasteiger partial charge >= 0.3 is 0 Å². The molecule has 0 saturated heterocycles. The number of hydrogen-bond donors (Lipinski definition) is 0. The van der Waals surface area contributed by atoms with Gasteiger partial charge in [0, 0.05) is 12.1 Å². The second kappa shape index (κ2) is 6.32. The minimum atomic E-state index is -0.587. The zero-order valence-corrected chi connectivity index (χ0v) is 13.2. The summed E-state index contributed by atoms with van der Waals surface area (Å²) >= 11 is 6.69. The molecule has 0 aliphatic carbocycles. The number of carbonyl (C=O) groups excluding carboxylic acids is 1. The van der Waals surface area contributed by atoms with Crippen LogP contribution in [0.1, 0.15) is 20.9 Å². The second-order valence-corrected chi connectivity index (χ2v) is 5.97. The first kappa shape index (κ1) is 14.9. The van der Waals surface area contributed by atoms with Crippen molar-refractivity contribution in [1.29, 1.82) is 0 Å². The molecule has 1 heterocycles. The highest BCUT2D eigenvalue weighted by atomic mass is 79.9. The van der Waals surface area contributed by atoms with Crippen molar-refractivity contribution in [3.63, 3.8) is 0 Å². The van der Waals surface area contributed by atoms with Crippen LogP contribution < -0.4 is 0 Å².